The van der Waals surface area contributed by atoms with Gasteiger partial charge in [0.25, 0.3) is 0 Å². The standard InChI is InChI=1S/C8H15NO/c1-7(5-4-6-9)8(2)10-3/h4-5H,6,9H2,1-3H3/b5-4+,8-7-. The third-order valence-corrected chi connectivity index (χ3v) is 1.37. The van der Waals surface area contributed by atoms with Gasteiger partial charge in [0, 0.05) is 6.54 Å². The summed E-state index contributed by atoms with van der Waals surface area (Å²) in [6.45, 7) is 4.50. The van der Waals surface area contributed by atoms with Gasteiger partial charge in [-0.05, 0) is 19.4 Å². The summed E-state index contributed by atoms with van der Waals surface area (Å²) >= 11 is 0. The summed E-state index contributed by atoms with van der Waals surface area (Å²) in [5.41, 5.74) is 6.39. The van der Waals surface area contributed by atoms with Crippen LogP contribution in [0.2, 0.25) is 0 Å². The molecule has 0 saturated heterocycles. The van der Waals surface area contributed by atoms with Crippen LogP contribution in [0.1, 0.15) is 13.8 Å². The van der Waals surface area contributed by atoms with Gasteiger partial charge in [-0.2, -0.15) is 0 Å². The number of hydrogen-bond donors (Lipinski definition) is 1. The Bertz CT molecular complexity index is 147. The van der Waals surface area contributed by atoms with Crippen LogP contribution in [-0.2, 0) is 4.74 Å². The van der Waals surface area contributed by atoms with Gasteiger partial charge < -0.3 is 10.5 Å². The Balaban J connectivity index is 4.04. The summed E-state index contributed by atoms with van der Waals surface area (Å²) in [4.78, 5) is 0. The second kappa shape index (κ2) is 5.06. The van der Waals surface area contributed by atoms with Crippen molar-refractivity contribution in [3.8, 4) is 0 Å². The number of hydrogen-bond acceptors (Lipinski definition) is 2. The fourth-order valence-electron chi connectivity index (χ4n) is 0.523. The molecule has 0 bridgehead atoms. The normalized spacial score (nSPS) is 13.6. The average Bonchev–Trinajstić information content (AvgIpc) is 1.98. The first-order valence-electron chi connectivity index (χ1n) is 3.30. The smallest absolute Gasteiger partial charge is 0.0953 e. The number of methoxy groups -OCH3 is 1. The van der Waals surface area contributed by atoms with E-state index in [1.807, 2.05) is 26.0 Å². The Labute approximate surface area is 62.4 Å². The third kappa shape index (κ3) is 3.30. The SMILES string of the molecule is CO/C(C)=C(C)\C=C\CN. The van der Waals surface area contributed by atoms with E-state index in [4.69, 9.17) is 10.5 Å². The van der Waals surface area contributed by atoms with E-state index in [1.165, 1.54) is 0 Å². The highest BCUT2D eigenvalue weighted by Crippen LogP contribution is 2.03. The molecule has 0 aromatic carbocycles. The number of allylic oxidation sites excluding steroid dienone is 3. The molecule has 10 heavy (non-hydrogen) atoms. The maximum Gasteiger partial charge on any atom is 0.0953 e. The maximum absolute atomic E-state index is 5.27. The zero-order valence-corrected chi connectivity index (χ0v) is 6.85. The number of ether oxygens (including phenoxy) is 1. The van der Waals surface area contributed by atoms with E-state index in [-0.39, 0.29) is 0 Å². The van der Waals surface area contributed by atoms with Gasteiger partial charge >= 0.3 is 0 Å². The highest BCUT2D eigenvalue weighted by Gasteiger charge is 1.88. The van der Waals surface area contributed by atoms with Crippen LogP contribution in [0.3, 0.4) is 0 Å². The van der Waals surface area contributed by atoms with Crippen molar-refractivity contribution in [2.45, 2.75) is 13.8 Å². The summed E-state index contributed by atoms with van der Waals surface area (Å²) in [6, 6.07) is 0. The van der Waals surface area contributed by atoms with Crippen LogP contribution >= 0.6 is 0 Å². The molecule has 58 valence electrons. The molecule has 0 aromatic heterocycles. The van der Waals surface area contributed by atoms with E-state index in [1.54, 1.807) is 7.11 Å². The van der Waals surface area contributed by atoms with Crippen LogP contribution < -0.4 is 5.73 Å². The summed E-state index contributed by atoms with van der Waals surface area (Å²) < 4.78 is 5.00. The summed E-state index contributed by atoms with van der Waals surface area (Å²) in [5, 5.41) is 0. The van der Waals surface area contributed by atoms with Crippen LogP contribution in [0, 0.1) is 0 Å². The lowest BCUT2D eigenvalue weighted by molar-refractivity contribution is 0.290. The van der Waals surface area contributed by atoms with Crippen LogP contribution in [-0.4, -0.2) is 13.7 Å². The molecule has 0 unspecified atom stereocenters. The molecular weight excluding hydrogens is 126 g/mol. The van der Waals surface area contributed by atoms with E-state index in [2.05, 4.69) is 0 Å². The van der Waals surface area contributed by atoms with E-state index < -0.39 is 0 Å². The molecule has 2 nitrogen and oxygen atoms in total. The quantitative estimate of drug-likeness (QED) is 0.477. The summed E-state index contributed by atoms with van der Waals surface area (Å²) in [5.74, 6) is 0.935. The Morgan fingerprint density at radius 1 is 1.50 bits per heavy atom. The van der Waals surface area contributed by atoms with Crippen molar-refractivity contribution in [2.75, 3.05) is 13.7 Å². The molecule has 0 fully saturated rings. The lowest BCUT2D eigenvalue weighted by Crippen LogP contribution is -1.93. The molecule has 2 N–H and O–H groups in total. The molecule has 0 spiro atoms. The minimum atomic E-state index is 0.578. The van der Waals surface area contributed by atoms with Gasteiger partial charge in [0.1, 0.15) is 0 Å². The predicted octanol–water partition coefficient (Wildman–Crippen LogP) is 1.44. The van der Waals surface area contributed by atoms with Crippen molar-refractivity contribution in [1.29, 1.82) is 0 Å². The first kappa shape index (κ1) is 9.24. The van der Waals surface area contributed by atoms with Crippen molar-refractivity contribution in [3.63, 3.8) is 0 Å². The van der Waals surface area contributed by atoms with Gasteiger partial charge in [0.05, 0.1) is 12.9 Å². The Morgan fingerprint density at radius 3 is 2.50 bits per heavy atom. The molecule has 0 atom stereocenters. The average molecular weight is 141 g/mol. The van der Waals surface area contributed by atoms with E-state index in [9.17, 15) is 0 Å². The van der Waals surface area contributed by atoms with Gasteiger partial charge in [-0.3, -0.25) is 0 Å². The highest BCUT2D eigenvalue weighted by atomic mass is 16.5. The molecule has 0 aliphatic heterocycles. The third-order valence-electron chi connectivity index (χ3n) is 1.37. The van der Waals surface area contributed by atoms with Crippen molar-refractivity contribution in [3.05, 3.63) is 23.5 Å². The molecule has 0 aliphatic carbocycles. The molecule has 0 aromatic rings. The maximum atomic E-state index is 5.27. The fourth-order valence-corrected chi connectivity index (χ4v) is 0.523. The molecular formula is C8H15NO. The van der Waals surface area contributed by atoms with Gasteiger partial charge in [-0.15, -0.1) is 0 Å². The van der Waals surface area contributed by atoms with Crippen LogP contribution in [0.15, 0.2) is 23.5 Å². The molecule has 0 heterocycles. The van der Waals surface area contributed by atoms with Gasteiger partial charge in [0.2, 0.25) is 0 Å². The first-order chi connectivity index (χ1) is 4.72. The fraction of sp³-hybridized carbons (Fsp3) is 0.500. The monoisotopic (exact) mass is 141 g/mol. The Hall–Kier alpha value is -0.760. The molecule has 0 saturated carbocycles. The van der Waals surface area contributed by atoms with Gasteiger partial charge in [-0.1, -0.05) is 12.2 Å². The van der Waals surface area contributed by atoms with Crippen LogP contribution in [0.4, 0.5) is 0 Å². The lowest BCUT2D eigenvalue weighted by Gasteiger charge is -2.00. The minimum Gasteiger partial charge on any atom is -0.501 e. The van der Waals surface area contributed by atoms with E-state index in [0.29, 0.717) is 6.54 Å². The zero-order valence-electron chi connectivity index (χ0n) is 6.85. The van der Waals surface area contributed by atoms with Crippen molar-refractivity contribution in [2.24, 2.45) is 5.73 Å². The number of nitrogens with two attached hydrogens (primary N) is 1. The van der Waals surface area contributed by atoms with E-state index in [0.717, 1.165) is 11.3 Å². The second-order valence-corrected chi connectivity index (χ2v) is 2.08. The second-order valence-electron chi connectivity index (χ2n) is 2.08. The minimum absolute atomic E-state index is 0.578. The Morgan fingerprint density at radius 2 is 2.10 bits per heavy atom. The highest BCUT2D eigenvalue weighted by molar-refractivity contribution is 5.18. The van der Waals surface area contributed by atoms with Crippen LogP contribution in [0.25, 0.3) is 0 Å². The van der Waals surface area contributed by atoms with E-state index >= 15 is 0 Å². The summed E-state index contributed by atoms with van der Waals surface area (Å²) in [6.07, 6.45) is 3.86. The van der Waals surface area contributed by atoms with Crippen molar-refractivity contribution in [1.82, 2.24) is 0 Å². The van der Waals surface area contributed by atoms with Gasteiger partial charge in [-0.25, -0.2) is 0 Å². The molecule has 0 aliphatic rings. The number of rotatable bonds is 3. The largest absolute Gasteiger partial charge is 0.501 e. The predicted molar refractivity (Wildman–Crippen MR) is 43.6 cm³/mol. The van der Waals surface area contributed by atoms with Gasteiger partial charge in [0.15, 0.2) is 0 Å². The molecule has 0 radical (unpaired) electrons. The van der Waals surface area contributed by atoms with Crippen molar-refractivity contribution >= 4 is 0 Å². The molecule has 0 amide bonds. The zero-order chi connectivity index (χ0) is 7.98. The molecule has 2 heteroatoms. The topological polar surface area (TPSA) is 35.2 Å². The first-order valence-corrected chi connectivity index (χ1v) is 3.30. The summed E-state index contributed by atoms with van der Waals surface area (Å²) in [7, 11) is 1.66. The molecule has 0 rings (SSSR count). The van der Waals surface area contributed by atoms with Crippen molar-refractivity contribution < 1.29 is 4.74 Å². The van der Waals surface area contributed by atoms with Crippen LogP contribution in [0.5, 0.6) is 0 Å². The Kier molecular flexibility index (Phi) is 4.67. The lowest BCUT2D eigenvalue weighted by atomic mass is 10.2.